The molecule has 0 atom stereocenters. The minimum absolute atomic E-state index is 0.147. The summed E-state index contributed by atoms with van der Waals surface area (Å²) in [6.45, 7) is 0.300. The van der Waals surface area contributed by atoms with Crippen LogP contribution in [-0.2, 0) is 11.3 Å². The number of nitrogens with one attached hydrogen (secondary N) is 1. The van der Waals surface area contributed by atoms with Crippen LogP contribution in [0.15, 0.2) is 36.7 Å². The first-order valence-corrected chi connectivity index (χ1v) is 6.41. The molecule has 1 aromatic carbocycles. The van der Waals surface area contributed by atoms with Gasteiger partial charge >= 0.3 is 5.97 Å². The molecule has 1 amide bonds. The van der Waals surface area contributed by atoms with Crippen LogP contribution in [0.3, 0.4) is 0 Å². The maximum atomic E-state index is 11.8. The number of nitrogens with zero attached hydrogens (tertiary/aromatic N) is 2. The first kappa shape index (κ1) is 14.9. The molecule has 6 nitrogen and oxygen atoms in total. The largest absolute Gasteiger partial charge is 0.465 e. The number of rotatable bonds is 4. The lowest BCUT2D eigenvalue weighted by atomic mass is 10.1. The summed E-state index contributed by atoms with van der Waals surface area (Å²) in [5.74, 6) is -0.776. The first-order valence-electron chi connectivity index (χ1n) is 6.03. The molecule has 1 N–H and O–H groups in total. The molecular formula is C14H12ClN3O3. The van der Waals surface area contributed by atoms with Crippen LogP contribution in [0.25, 0.3) is 0 Å². The van der Waals surface area contributed by atoms with Crippen molar-refractivity contribution in [2.75, 3.05) is 7.11 Å². The molecule has 21 heavy (non-hydrogen) atoms. The Morgan fingerprint density at radius 1 is 1.24 bits per heavy atom. The van der Waals surface area contributed by atoms with E-state index in [0.717, 1.165) is 5.56 Å². The normalized spacial score (nSPS) is 10.0. The maximum Gasteiger partial charge on any atom is 0.337 e. The van der Waals surface area contributed by atoms with Crippen molar-refractivity contribution in [3.63, 3.8) is 0 Å². The second kappa shape index (κ2) is 6.81. The molecule has 0 fully saturated rings. The molecular weight excluding hydrogens is 294 g/mol. The summed E-state index contributed by atoms with van der Waals surface area (Å²) in [6.07, 6.45) is 2.69. The summed E-state index contributed by atoms with van der Waals surface area (Å²) in [5.41, 5.74) is 1.44. The fraction of sp³-hybridized carbons (Fsp3) is 0.143. The third kappa shape index (κ3) is 4.00. The quantitative estimate of drug-likeness (QED) is 0.872. The average molecular weight is 306 g/mol. The van der Waals surface area contributed by atoms with Gasteiger partial charge in [0.05, 0.1) is 25.1 Å². The number of methoxy groups -OCH3 is 1. The van der Waals surface area contributed by atoms with E-state index < -0.39 is 5.97 Å². The van der Waals surface area contributed by atoms with Gasteiger partial charge in [-0.15, -0.1) is 0 Å². The van der Waals surface area contributed by atoms with E-state index in [1.54, 1.807) is 24.3 Å². The molecule has 0 aliphatic carbocycles. The van der Waals surface area contributed by atoms with E-state index in [-0.39, 0.29) is 16.8 Å². The van der Waals surface area contributed by atoms with Crippen LogP contribution in [0.4, 0.5) is 0 Å². The average Bonchev–Trinajstić information content (AvgIpc) is 2.52. The Bertz CT molecular complexity index is 659. The Balaban J connectivity index is 1.97. The number of hydrogen-bond donors (Lipinski definition) is 1. The van der Waals surface area contributed by atoms with Crippen molar-refractivity contribution in [3.05, 3.63) is 58.6 Å². The third-order valence-electron chi connectivity index (χ3n) is 2.67. The van der Waals surface area contributed by atoms with Gasteiger partial charge in [-0.25, -0.2) is 9.78 Å². The van der Waals surface area contributed by atoms with E-state index >= 15 is 0 Å². The Labute approximate surface area is 126 Å². The molecule has 2 aromatic rings. The van der Waals surface area contributed by atoms with Gasteiger partial charge in [-0.05, 0) is 17.7 Å². The van der Waals surface area contributed by atoms with E-state index in [9.17, 15) is 9.59 Å². The molecule has 1 heterocycles. The topological polar surface area (TPSA) is 81.2 Å². The summed E-state index contributed by atoms with van der Waals surface area (Å²) < 4.78 is 4.61. The number of hydrogen-bond acceptors (Lipinski definition) is 5. The van der Waals surface area contributed by atoms with Crippen LogP contribution >= 0.6 is 11.6 Å². The van der Waals surface area contributed by atoms with Gasteiger partial charge in [0.15, 0.2) is 0 Å². The lowest BCUT2D eigenvalue weighted by Crippen LogP contribution is -2.24. The number of carbonyl (C=O) groups excluding carboxylic acids is 2. The first-order chi connectivity index (χ1) is 10.1. The maximum absolute atomic E-state index is 11.8. The Kier molecular flexibility index (Phi) is 4.84. The Hall–Kier alpha value is -2.47. The van der Waals surface area contributed by atoms with Gasteiger partial charge in [0, 0.05) is 6.54 Å². The standard InChI is InChI=1S/C14H12ClN3O3/c1-21-14(20)10-4-2-9(3-5-10)6-17-13(19)11-7-16-8-12(15)18-11/h2-5,7-8H,6H2,1H3,(H,17,19). The van der Waals surface area contributed by atoms with Crippen molar-refractivity contribution >= 4 is 23.5 Å². The number of amides is 1. The third-order valence-corrected chi connectivity index (χ3v) is 2.85. The lowest BCUT2D eigenvalue weighted by Gasteiger charge is -2.05. The highest BCUT2D eigenvalue weighted by Gasteiger charge is 2.09. The molecule has 0 bridgehead atoms. The molecule has 0 unspecified atom stereocenters. The van der Waals surface area contributed by atoms with Crippen molar-refractivity contribution in [2.45, 2.75) is 6.54 Å². The van der Waals surface area contributed by atoms with E-state index in [1.807, 2.05) is 0 Å². The SMILES string of the molecule is COC(=O)c1ccc(CNC(=O)c2cncc(Cl)n2)cc1. The number of esters is 1. The summed E-state index contributed by atoms with van der Waals surface area (Å²) in [4.78, 5) is 30.8. The van der Waals surface area contributed by atoms with Gasteiger partial charge in [0.1, 0.15) is 10.8 Å². The van der Waals surface area contributed by atoms with Crippen molar-refractivity contribution in [3.8, 4) is 0 Å². The van der Waals surface area contributed by atoms with Gasteiger partial charge in [-0.1, -0.05) is 23.7 Å². The van der Waals surface area contributed by atoms with E-state index in [0.29, 0.717) is 12.1 Å². The number of aromatic nitrogens is 2. The number of benzene rings is 1. The van der Waals surface area contributed by atoms with Crippen LogP contribution in [0, 0.1) is 0 Å². The zero-order valence-electron chi connectivity index (χ0n) is 11.2. The van der Waals surface area contributed by atoms with Gasteiger partial charge in [-0.3, -0.25) is 9.78 Å². The zero-order chi connectivity index (χ0) is 15.2. The van der Waals surface area contributed by atoms with E-state index in [1.165, 1.54) is 19.5 Å². The van der Waals surface area contributed by atoms with Gasteiger partial charge in [0.25, 0.3) is 5.91 Å². The highest BCUT2D eigenvalue weighted by molar-refractivity contribution is 6.29. The molecule has 0 aliphatic heterocycles. The zero-order valence-corrected chi connectivity index (χ0v) is 11.9. The highest BCUT2D eigenvalue weighted by Crippen LogP contribution is 2.06. The van der Waals surface area contributed by atoms with Crippen LogP contribution < -0.4 is 5.32 Å². The van der Waals surface area contributed by atoms with Crippen molar-refractivity contribution in [1.29, 1.82) is 0 Å². The predicted octanol–water partition coefficient (Wildman–Crippen LogP) is 1.85. The molecule has 0 radical (unpaired) electrons. The van der Waals surface area contributed by atoms with Gasteiger partial charge < -0.3 is 10.1 Å². The second-order valence-corrected chi connectivity index (χ2v) is 4.49. The fourth-order valence-electron chi connectivity index (χ4n) is 1.60. The molecule has 7 heteroatoms. The van der Waals surface area contributed by atoms with Crippen LogP contribution in [0.5, 0.6) is 0 Å². The van der Waals surface area contributed by atoms with E-state index in [4.69, 9.17) is 11.6 Å². The summed E-state index contributed by atoms with van der Waals surface area (Å²) in [7, 11) is 1.32. The molecule has 0 saturated carbocycles. The highest BCUT2D eigenvalue weighted by atomic mass is 35.5. The van der Waals surface area contributed by atoms with Crippen LogP contribution in [0.2, 0.25) is 5.15 Å². The van der Waals surface area contributed by atoms with Crippen molar-refractivity contribution in [1.82, 2.24) is 15.3 Å². The second-order valence-electron chi connectivity index (χ2n) is 4.10. The molecule has 0 aliphatic rings. The summed E-state index contributed by atoms with van der Waals surface area (Å²) >= 11 is 5.67. The monoisotopic (exact) mass is 305 g/mol. The Morgan fingerprint density at radius 3 is 2.57 bits per heavy atom. The summed E-state index contributed by atoms with van der Waals surface area (Å²) in [5, 5.41) is 2.85. The minimum atomic E-state index is -0.403. The van der Waals surface area contributed by atoms with Gasteiger partial charge in [0.2, 0.25) is 0 Å². The number of halogens is 1. The summed E-state index contributed by atoms with van der Waals surface area (Å²) in [6, 6.07) is 6.73. The van der Waals surface area contributed by atoms with Crippen molar-refractivity contribution < 1.29 is 14.3 Å². The molecule has 0 saturated heterocycles. The smallest absolute Gasteiger partial charge is 0.337 e. The molecule has 1 aromatic heterocycles. The number of ether oxygens (including phenoxy) is 1. The lowest BCUT2D eigenvalue weighted by molar-refractivity contribution is 0.0600. The molecule has 108 valence electrons. The van der Waals surface area contributed by atoms with Gasteiger partial charge in [-0.2, -0.15) is 0 Å². The van der Waals surface area contributed by atoms with Crippen LogP contribution in [-0.4, -0.2) is 29.0 Å². The molecule has 2 rings (SSSR count). The van der Waals surface area contributed by atoms with Crippen molar-refractivity contribution in [2.24, 2.45) is 0 Å². The Morgan fingerprint density at radius 2 is 1.95 bits per heavy atom. The fourth-order valence-corrected chi connectivity index (χ4v) is 1.75. The van der Waals surface area contributed by atoms with E-state index in [2.05, 4.69) is 20.0 Å². The molecule has 0 spiro atoms. The predicted molar refractivity (Wildman–Crippen MR) is 76.0 cm³/mol. The minimum Gasteiger partial charge on any atom is -0.465 e. The van der Waals surface area contributed by atoms with Crippen LogP contribution in [0.1, 0.15) is 26.4 Å². The number of carbonyl (C=O) groups is 2.